The lowest BCUT2D eigenvalue weighted by Gasteiger charge is -2.26. The molecule has 0 bridgehead atoms. The standard InChI is InChI=1S/C13H18N2O2S/c1-13(2,12(16)15(3)10-14-17)18-9-11-7-5-4-6-8-11/h4-8,10,17H,9H2,1-3H3. The SMILES string of the molecule is CN(C=NO)C(=O)C(C)(C)SCc1ccccc1. The van der Waals surface area contributed by atoms with Crippen molar-refractivity contribution >= 4 is 24.0 Å². The molecule has 0 unspecified atom stereocenters. The Balaban J connectivity index is 2.61. The average molecular weight is 266 g/mol. The smallest absolute Gasteiger partial charge is 0.243 e. The van der Waals surface area contributed by atoms with Crippen molar-refractivity contribution in [3.8, 4) is 0 Å². The Bertz CT molecular complexity index is 418. The van der Waals surface area contributed by atoms with E-state index in [-0.39, 0.29) is 5.91 Å². The van der Waals surface area contributed by atoms with Crippen molar-refractivity contribution in [2.45, 2.75) is 24.3 Å². The Morgan fingerprint density at radius 2 is 2.06 bits per heavy atom. The number of thioether (sulfide) groups is 1. The summed E-state index contributed by atoms with van der Waals surface area (Å²) in [5, 5.41) is 11.3. The van der Waals surface area contributed by atoms with Gasteiger partial charge in [-0.2, -0.15) is 0 Å². The fraction of sp³-hybridized carbons (Fsp3) is 0.385. The molecular weight excluding hydrogens is 248 g/mol. The Hall–Kier alpha value is -1.49. The summed E-state index contributed by atoms with van der Waals surface area (Å²) in [7, 11) is 1.58. The molecule has 0 atom stereocenters. The van der Waals surface area contributed by atoms with Crippen LogP contribution in [0.25, 0.3) is 0 Å². The molecule has 98 valence electrons. The predicted molar refractivity (Wildman–Crippen MR) is 74.9 cm³/mol. The lowest BCUT2D eigenvalue weighted by atomic mass is 10.2. The number of oxime groups is 1. The van der Waals surface area contributed by atoms with E-state index in [4.69, 9.17) is 5.21 Å². The highest BCUT2D eigenvalue weighted by atomic mass is 32.2. The maximum Gasteiger partial charge on any atom is 0.243 e. The molecule has 0 aromatic heterocycles. The van der Waals surface area contributed by atoms with Crippen LogP contribution in [-0.4, -0.2) is 34.1 Å². The molecule has 18 heavy (non-hydrogen) atoms. The highest BCUT2D eigenvalue weighted by Gasteiger charge is 2.30. The molecule has 0 aliphatic carbocycles. The van der Waals surface area contributed by atoms with Crippen molar-refractivity contribution in [1.82, 2.24) is 4.90 Å². The zero-order chi connectivity index (χ0) is 13.6. The van der Waals surface area contributed by atoms with E-state index in [9.17, 15) is 4.79 Å². The van der Waals surface area contributed by atoms with Crippen molar-refractivity contribution in [3.05, 3.63) is 35.9 Å². The summed E-state index contributed by atoms with van der Waals surface area (Å²) in [5.41, 5.74) is 1.18. The normalized spacial score (nSPS) is 11.7. The first-order chi connectivity index (χ1) is 8.47. The first-order valence-electron chi connectivity index (χ1n) is 5.60. The summed E-state index contributed by atoms with van der Waals surface area (Å²) >= 11 is 1.56. The fourth-order valence-corrected chi connectivity index (χ4v) is 2.44. The van der Waals surface area contributed by atoms with Gasteiger partial charge in [0.2, 0.25) is 5.91 Å². The van der Waals surface area contributed by atoms with Crippen LogP contribution in [0.2, 0.25) is 0 Å². The van der Waals surface area contributed by atoms with Crippen molar-refractivity contribution in [2.75, 3.05) is 7.05 Å². The van der Waals surface area contributed by atoms with Crippen molar-refractivity contribution in [2.24, 2.45) is 5.16 Å². The molecule has 1 aromatic rings. The minimum atomic E-state index is -0.564. The molecule has 1 aromatic carbocycles. The van der Waals surface area contributed by atoms with Crippen molar-refractivity contribution < 1.29 is 10.0 Å². The molecule has 1 rings (SSSR count). The Labute approximate surface area is 112 Å². The summed E-state index contributed by atoms with van der Waals surface area (Å²) in [4.78, 5) is 13.4. The van der Waals surface area contributed by atoms with Crippen molar-refractivity contribution in [3.63, 3.8) is 0 Å². The summed E-state index contributed by atoms with van der Waals surface area (Å²) in [5.74, 6) is 0.671. The third-order valence-corrected chi connectivity index (χ3v) is 3.88. The number of nitrogens with zero attached hydrogens (tertiary/aromatic N) is 2. The van der Waals surface area contributed by atoms with Gasteiger partial charge in [-0.25, -0.2) is 0 Å². The molecule has 0 heterocycles. The van der Waals surface area contributed by atoms with Gasteiger partial charge < -0.3 is 10.1 Å². The monoisotopic (exact) mass is 266 g/mol. The lowest BCUT2D eigenvalue weighted by molar-refractivity contribution is -0.127. The molecule has 0 saturated heterocycles. The van der Waals surface area contributed by atoms with E-state index in [1.54, 1.807) is 18.8 Å². The fourth-order valence-electron chi connectivity index (χ4n) is 1.45. The second-order valence-corrected chi connectivity index (χ2v) is 6.03. The highest BCUT2D eigenvalue weighted by Crippen LogP contribution is 2.29. The molecule has 0 aliphatic rings. The van der Waals surface area contributed by atoms with Gasteiger partial charge in [-0.1, -0.05) is 35.5 Å². The van der Waals surface area contributed by atoms with Crippen LogP contribution in [-0.2, 0) is 10.5 Å². The van der Waals surface area contributed by atoms with Gasteiger partial charge in [0, 0.05) is 12.8 Å². The van der Waals surface area contributed by atoms with Crippen LogP contribution in [0.3, 0.4) is 0 Å². The number of hydrogen-bond acceptors (Lipinski definition) is 4. The lowest BCUT2D eigenvalue weighted by Crippen LogP contribution is -2.40. The number of benzene rings is 1. The number of rotatable bonds is 5. The van der Waals surface area contributed by atoms with Gasteiger partial charge in [0.1, 0.15) is 6.34 Å². The van der Waals surface area contributed by atoms with Gasteiger partial charge in [-0.3, -0.25) is 4.79 Å². The molecule has 0 fully saturated rings. The first-order valence-corrected chi connectivity index (χ1v) is 6.58. The van der Waals surface area contributed by atoms with E-state index in [0.29, 0.717) is 0 Å². The van der Waals surface area contributed by atoms with Crippen LogP contribution in [0.1, 0.15) is 19.4 Å². The third kappa shape index (κ3) is 4.07. The number of hydrogen-bond donors (Lipinski definition) is 1. The van der Waals surface area contributed by atoms with Crippen molar-refractivity contribution in [1.29, 1.82) is 0 Å². The first kappa shape index (κ1) is 14.6. The topological polar surface area (TPSA) is 52.9 Å². The molecule has 0 aliphatic heterocycles. The van der Waals surface area contributed by atoms with E-state index in [2.05, 4.69) is 5.16 Å². The molecule has 1 amide bonds. The van der Waals surface area contributed by atoms with Crippen LogP contribution in [0, 0.1) is 0 Å². The number of carbonyl (C=O) groups is 1. The Kier molecular flexibility index (Phi) is 5.22. The zero-order valence-electron chi connectivity index (χ0n) is 10.8. The van der Waals surface area contributed by atoms with E-state index >= 15 is 0 Å². The zero-order valence-corrected chi connectivity index (χ0v) is 11.6. The molecule has 0 saturated carbocycles. The summed E-state index contributed by atoms with van der Waals surface area (Å²) < 4.78 is -0.564. The number of carbonyl (C=O) groups excluding carboxylic acids is 1. The largest absolute Gasteiger partial charge is 0.410 e. The van der Waals surface area contributed by atoms with E-state index < -0.39 is 4.75 Å². The predicted octanol–water partition coefficient (Wildman–Crippen LogP) is 2.57. The van der Waals surface area contributed by atoms with Crippen LogP contribution in [0.4, 0.5) is 0 Å². The van der Waals surface area contributed by atoms with Crippen LogP contribution >= 0.6 is 11.8 Å². The Morgan fingerprint density at radius 3 is 2.61 bits per heavy atom. The van der Waals surface area contributed by atoms with Gasteiger partial charge >= 0.3 is 0 Å². The van der Waals surface area contributed by atoms with Gasteiger partial charge in [-0.15, -0.1) is 11.8 Å². The Morgan fingerprint density at radius 1 is 1.44 bits per heavy atom. The molecule has 5 heteroatoms. The molecule has 1 N–H and O–H groups in total. The second-order valence-electron chi connectivity index (χ2n) is 4.43. The molecule has 0 radical (unpaired) electrons. The van der Waals surface area contributed by atoms with Crippen LogP contribution in [0.5, 0.6) is 0 Å². The minimum Gasteiger partial charge on any atom is -0.410 e. The molecular formula is C13H18N2O2S. The van der Waals surface area contributed by atoms with E-state index in [1.165, 1.54) is 10.5 Å². The van der Waals surface area contributed by atoms with Gasteiger partial charge in [-0.05, 0) is 19.4 Å². The van der Waals surface area contributed by atoms with E-state index in [1.807, 2.05) is 44.2 Å². The minimum absolute atomic E-state index is 0.0961. The van der Waals surface area contributed by atoms with Gasteiger partial charge in [0.25, 0.3) is 0 Å². The third-order valence-electron chi connectivity index (χ3n) is 2.50. The van der Waals surface area contributed by atoms with Crippen LogP contribution < -0.4 is 0 Å². The maximum atomic E-state index is 12.1. The van der Waals surface area contributed by atoms with Gasteiger partial charge in [0.15, 0.2) is 0 Å². The summed E-state index contributed by atoms with van der Waals surface area (Å²) in [6.45, 7) is 3.73. The second kappa shape index (κ2) is 6.44. The molecule has 4 nitrogen and oxygen atoms in total. The average Bonchev–Trinajstić information content (AvgIpc) is 2.37. The van der Waals surface area contributed by atoms with Crippen LogP contribution in [0.15, 0.2) is 35.5 Å². The summed E-state index contributed by atoms with van der Waals surface area (Å²) in [6.07, 6.45) is 1.10. The quantitative estimate of drug-likeness (QED) is 0.386. The maximum absolute atomic E-state index is 12.1. The summed E-state index contributed by atoms with van der Waals surface area (Å²) in [6, 6.07) is 10.00. The van der Waals surface area contributed by atoms with E-state index in [0.717, 1.165) is 12.1 Å². The number of amides is 1. The highest BCUT2D eigenvalue weighted by molar-refractivity contribution is 8.00. The van der Waals surface area contributed by atoms with Gasteiger partial charge in [0.05, 0.1) is 4.75 Å². The molecule has 0 spiro atoms.